The average Bonchev–Trinajstić information content (AvgIpc) is 2.81. The lowest BCUT2D eigenvalue weighted by molar-refractivity contribution is -0.143. The summed E-state index contributed by atoms with van der Waals surface area (Å²) < 4.78 is 22.9. The highest BCUT2D eigenvalue weighted by Gasteiger charge is 2.29. The molecule has 0 N–H and O–H groups in total. The van der Waals surface area contributed by atoms with Crippen LogP contribution >= 0.6 is 0 Å². The van der Waals surface area contributed by atoms with Crippen molar-refractivity contribution in [1.29, 1.82) is 0 Å². The molecule has 0 aliphatic carbocycles. The molecule has 2 aromatic carbocycles. The van der Waals surface area contributed by atoms with Crippen molar-refractivity contribution in [3.8, 4) is 17.2 Å². The van der Waals surface area contributed by atoms with E-state index in [0.717, 1.165) is 5.56 Å². The summed E-state index contributed by atoms with van der Waals surface area (Å²) in [6, 6.07) is 9.89. The van der Waals surface area contributed by atoms with Gasteiger partial charge in [0, 0.05) is 22.8 Å². The number of Topliss-reactive ketones (excluding diaryl/α,β-unsaturated/α-hetero) is 1. The van der Waals surface area contributed by atoms with Gasteiger partial charge in [0.25, 0.3) is 0 Å². The van der Waals surface area contributed by atoms with Gasteiger partial charge < -0.3 is 18.9 Å². The van der Waals surface area contributed by atoms with Crippen LogP contribution in [0.15, 0.2) is 42.2 Å². The van der Waals surface area contributed by atoms with E-state index in [1.807, 2.05) is 40.7 Å². The molecule has 0 bridgehead atoms. The molecule has 0 spiro atoms. The highest BCUT2D eigenvalue weighted by molar-refractivity contribution is 6.10. The number of hydrogen-bond acceptors (Lipinski definition) is 7. The summed E-state index contributed by atoms with van der Waals surface area (Å²) in [5, 5.41) is 0. The minimum Gasteiger partial charge on any atom is -0.493 e. The van der Waals surface area contributed by atoms with Crippen molar-refractivity contribution >= 4 is 23.8 Å². The van der Waals surface area contributed by atoms with Crippen LogP contribution in [0.2, 0.25) is 0 Å². The quantitative estimate of drug-likeness (QED) is 0.110. The number of rotatable bonds is 8. The number of allylic oxidation sites excluding steroid dienone is 1. The first kappa shape index (κ1) is 32.6. The number of carbonyl (C=O) groups is 3. The van der Waals surface area contributed by atoms with Gasteiger partial charge in [-0.05, 0) is 97.2 Å². The van der Waals surface area contributed by atoms with Crippen molar-refractivity contribution in [1.82, 2.24) is 0 Å². The van der Waals surface area contributed by atoms with E-state index in [4.69, 9.17) is 18.9 Å². The van der Waals surface area contributed by atoms with Gasteiger partial charge >= 0.3 is 11.9 Å². The number of esters is 2. The van der Waals surface area contributed by atoms with Gasteiger partial charge in [0.15, 0.2) is 5.76 Å². The van der Waals surface area contributed by atoms with Crippen LogP contribution in [-0.2, 0) is 19.7 Å². The summed E-state index contributed by atoms with van der Waals surface area (Å²) in [6.07, 6.45) is 1.45. The van der Waals surface area contributed by atoms with Crippen LogP contribution in [-0.4, -0.2) is 30.9 Å². The van der Waals surface area contributed by atoms with E-state index in [0.29, 0.717) is 28.4 Å². The summed E-state index contributed by atoms with van der Waals surface area (Å²) in [5.41, 5.74) is 0.0211. The minimum atomic E-state index is -0.691. The van der Waals surface area contributed by atoms with Crippen molar-refractivity contribution in [3.63, 3.8) is 0 Å². The van der Waals surface area contributed by atoms with Gasteiger partial charge in [0.1, 0.15) is 17.2 Å². The van der Waals surface area contributed by atoms with Crippen LogP contribution in [0.5, 0.6) is 17.2 Å². The molecule has 218 valence electrons. The van der Waals surface area contributed by atoms with Gasteiger partial charge in [-0.3, -0.25) is 14.4 Å². The third-order valence-corrected chi connectivity index (χ3v) is 5.77. The maximum absolute atomic E-state index is 13.4. The maximum Gasteiger partial charge on any atom is 0.316 e. The van der Waals surface area contributed by atoms with Crippen molar-refractivity contribution in [2.45, 2.75) is 87.7 Å². The van der Waals surface area contributed by atoms with Crippen LogP contribution in [0.3, 0.4) is 0 Å². The number of methoxy groups -OCH3 is 1. The molecule has 2 rings (SSSR count). The van der Waals surface area contributed by atoms with Crippen LogP contribution < -0.4 is 14.2 Å². The van der Waals surface area contributed by atoms with Gasteiger partial charge in [0.05, 0.1) is 24.0 Å². The molecule has 0 radical (unpaired) electrons. The van der Waals surface area contributed by atoms with E-state index in [1.165, 1.54) is 7.11 Å². The molecule has 0 atom stereocenters. The van der Waals surface area contributed by atoms with Gasteiger partial charge in [-0.1, -0.05) is 20.8 Å². The predicted molar refractivity (Wildman–Crippen MR) is 157 cm³/mol. The van der Waals surface area contributed by atoms with E-state index < -0.39 is 10.8 Å². The molecule has 0 aliphatic heterocycles. The number of carbonyl (C=O) groups excluding carboxylic acids is 3. The van der Waals surface area contributed by atoms with Crippen molar-refractivity contribution in [2.75, 3.05) is 7.11 Å². The smallest absolute Gasteiger partial charge is 0.316 e. The third-order valence-electron chi connectivity index (χ3n) is 5.77. The van der Waals surface area contributed by atoms with E-state index in [2.05, 4.69) is 0 Å². The number of benzene rings is 2. The normalized spacial score (nSPS) is 12.7. The third kappa shape index (κ3) is 8.70. The molecule has 0 amide bonds. The molecule has 0 heterocycles. The Morgan fingerprint density at radius 2 is 1.27 bits per heavy atom. The Kier molecular flexibility index (Phi) is 10.0. The summed E-state index contributed by atoms with van der Waals surface area (Å²) in [4.78, 5) is 38.4. The fraction of sp³-hybridized carbons (Fsp3) is 0.485. The molecule has 0 saturated carbocycles. The van der Waals surface area contributed by atoms with Gasteiger partial charge in [-0.25, -0.2) is 0 Å². The lowest BCUT2D eigenvalue weighted by atomic mass is 9.84. The fourth-order valence-corrected chi connectivity index (χ4v) is 3.41. The Morgan fingerprint density at radius 3 is 1.73 bits per heavy atom. The predicted octanol–water partition coefficient (Wildman–Crippen LogP) is 7.54. The summed E-state index contributed by atoms with van der Waals surface area (Å²) >= 11 is 0. The molecule has 7 heteroatoms. The second kappa shape index (κ2) is 12.3. The maximum atomic E-state index is 13.4. The zero-order valence-electron chi connectivity index (χ0n) is 26.0. The molecule has 0 unspecified atom stereocenters. The first-order valence-electron chi connectivity index (χ1n) is 13.4. The number of ketones is 1. The molecule has 0 aromatic heterocycles. The van der Waals surface area contributed by atoms with Crippen molar-refractivity contribution < 1.29 is 33.3 Å². The monoisotopic (exact) mass is 552 g/mol. The van der Waals surface area contributed by atoms with Crippen LogP contribution in [0.1, 0.15) is 97.6 Å². The zero-order valence-corrected chi connectivity index (χ0v) is 26.0. The van der Waals surface area contributed by atoms with Gasteiger partial charge in [0.2, 0.25) is 5.78 Å². The van der Waals surface area contributed by atoms with Crippen molar-refractivity contribution in [3.05, 3.63) is 58.8 Å². The lowest BCUT2D eigenvalue weighted by Gasteiger charge is -2.26. The molecule has 7 nitrogen and oxygen atoms in total. The van der Waals surface area contributed by atoms with Crippen LogP contribution in [0, 0.1) is 10.8 Å². The van der Waals surface area contributed by atoms with E-state index in [-0.39, 0.29) is 35.0 Å². The number of hydrogen-bond donors (Lipinski definition) is 0. The Bertz CT molecular complexity index is 1260. The molecule has 0 saturated heterocycles. The van der Waals surface area contributed by atoms with E-state index in [1.54, 1.807) is 78.0 Å². The van der Waals surface area contributed by atoms with Gasteiger partial charge in [-0.15, -0.1) is 0 Å². The lowest BCUT2D eigenvalue weighted by Crippen LogP contribution is -2.27. The first-order chi connectivity index (χ1) is 18.2. The standard InChI is InChI=1S/C33H44O7/c1-20(2)38-25-19-26(40-30(36)33(9,10)11)24(31(3,4)5)17-22(25)18-27(37-12)28(34)21-13-15-23(16-14-21)39-29(35)32(6,7)8/h13-20H,1-12H3. The molecule has 0 fully saturated rings. The summed E-state index contributed by atoms with van der Waals surface area (Å²) in [7, 11) is 1.43. The largest absolute Gasteiger partial charge is 0.493 e. The van der Waals surface area contributed by atoms with Gasteiger partial charge in [-0.2, -0.15) is 0 Å². The Morgan fingerprint density at radius 1 is 0.750 bits per heavy atom. The fourth-order valence-electron chi connectivity index (χ4n) is 3.41. The summed E-state index contributed by atoms with van der Waals surface area (Å²) in [6.45, 7) is 20.5. The highest BCUT2D eigenvalue weighted by Crippen LogP contribution is 2.39. The Balaban J connectivity index is 2.56. The Labute approximate surface area is 238 Å². The molecule has 40 heavy (non-hydrogen) atoms. The topological polar surface area (TPSA) is 88.1 Å². The second-order valence-corrected chi connectivity index (χ2v) is 13.1. The highest BCUT2D eigenvalue weighted by atomic mass is 16.5. The summed E-state index contributed by atoms with van der Waals surface area (Å²) in [5.74, 6) is 0.216. The van der Waals surface area contributed by atoms with E-state index in [9.17, 15) is 14.4 Å². The first-order valence-corrected chi connectivity index (χ1v) is 13.4. The van der Waals surface area contributed by atoms with Crippen molar-refractivity contribution in [2.24, 2.45) is 10.8 Å². The van der Waals surface area contributed by atoms with E-state index >= 15 is 0 Å². The molecule has 0 aliphatic rings. The molecular formula is C33H44O7. The molecule has 2 aromatic rings. The number of ether oxygens (including phenoxy) is 4. The van der Waals surface area contributed by atoms with Crippen LogP contribution in [0.4, 0.5) is 0 Å². The SMILES string of the molecule is COC(=Cc1cc(C(C)(C)C)c(OC(=O)C(C)(C)C)cc1OC(C)C)C(=O)c1ccc(OC(=O)C(C)(C)C)cc1. The van der Waals surface area contributed by atoms with Crippen LogP contribution in [0.25, 0.3) is 6.08 Å². The second-order valence-electron chi connectivity index (χ2n) is 13.1. The average molecular weight is 553 g/mol. The minimum absolute atomic E-state index is 0.0901. The Hall–Kier alpha value is -3.61. The molecular weight excluding hydrogens is 508 g/mol. The zero-order chi connectivity index (χ0) is 30.6.